The molecule has 0 rings (SSSR count). The summed E-state index contributed by atoms with van der Waals surface area (Å²) in [5, 5.41) is 17.8. The van der Waals surface area contributed by atoms with Gasteiger partial charge in [0, 0.05) is 13.0 Å². The Bertz CT molecular complexity index is 200. The number of hydrogen-bond acceptors (Lipinski definition) is 3. The summed E-state index contributed by atoms with van der Waals surface area (Å²) in [4.78, 5) is 8.67. The lowest BCUT2D eigenvalue weighted by Gasteiger charge is -2.39. The second-order valence-corrected chi connectivity index (χ2v) is 5.69. The Balaban J connectivity index is -0.000000640. The number of halogens is 1. The van der Waals surface area contributed by atoms with E-state index in [1.54, 1.807) is 0 Å². The second kappa shape index (κ2) is 19.0. The van der Waals surface area contributed by atoms with Crippen molar-refractivity contribution in [3.63, 3.8) is 0 Å². The third-order valence-corrected chi connectivity index (χ3v) is 3.75. The van der Waals surface area contributed by atoms with E-state index >= 15 is 0 Å². The highest BCUT2D eigenvalue weighted by atomic mass is 127. The van der Waals surface area contributed by atoms with E-state index in [1.165, 1.54) is 69.2 Å². The topological polar surface area (TPSA) is 86.4 Å². The van der Waals surface area contributed by atoms with E-state index < -0.39 is 6.09 Å². The minimum Gasteiger partial charge on any atom is -1.00 e. The maximum atomic E-state index is 9.10. The van der Waals surface area contributed by atoms with E-state index in [4.69, 9.17) is 15.0 Å². The molecule has 0 aromatic carbocycles. The molecule has 0 saturated carbocycles. The average Bonchev–Trinajstić information content (AvgIpc) is 2.45. The molecule has 6 heteroatoms. The SMILES string of the molecule is CCCC[N+](CCCC)(CCCC)CCCO.NC(=O)[O-].[I-]. The summed E-state index contributed by atoms with van der Waals surface area (Å²) in [6.45, 7) is 12.3. The number of unbranched alkanes of at least 4 members (excludes halogenated alkanes) is 3. The normalized spacial score (nSPS) is 10.4. The van der Waals surface area contributed by atoms with Crippen molar-refractivity contribution in [1.82, 2.24) is 0 Å². The minimum atomic E-state index is -1.58. The molecule has 0 radical (unpaired) electrons. The molecule has 5 nitrogen and oxygen atoms in total. The maximum Gasteiger partial charge on any atom is 0.131 e. The van der Waals surface area contributed by atoms with Crippen LogP contribution in [0.1, 0.15) is 65.7 Å². The molecular weight excluding hydrogens is 395 g/mol. The molecule has 0 unspecified atom stereocenters. The van der Waals surface area contributed by atoms with Gasteiger partial charge >= 0.3 is 0 Å². The van der Waals surface area contributed by atoms with Gasteiger partial charge in [0.15, 0.2) is 0 Å². The molecule has 0 aromatic rings. The number of aliphatic hydroxyl groups is 1. The van der Waals surface area contributed by atoms with Gasteiger partial charge in [0.25, 0.3) is 0 Å². The largest absolute Gasteiger partial charge is 1.00 e. The molecule has 0 aromatic heterocycles. The van der Waals surface area contributed by atoms with Crippen molar-refractivity contribution in [2.75, 3.05) is 32.8 Å². The van der Waals surface area contributed by atoms with Crippen LogP contribution in [0.5, 0.6) is 0 Å². The molecule has 1 amide bonds. The molecule has 0 saturated heterocycles. The van der Waals surface area contributed by atoms with Crippen LogP contribution in [-0.4, -0.2) is 48.5 Å². The van der Waals surface area contributed by atoms with Crippen LogP contribution in [0.3, 0.4) is 0 Å². The van der Waals surface area contributed by atoms with E-state index in [2.05, 4.69) is 26.5 Å². The van der Waals surface area contributed by atoms with Gasteiger partial charge in [-0.05, 0) is 19.3 Å². The van der Waals surface area contributed by atoms with Gasteiger partial charge in [-0.3, -0.25) is 0 Å². The molecule has 0 aliphatic heterocycles. The molecule has 0 heterocycles. The van der Waals surface area contributed by atoms with Crippen LogP contribution in [0.25, 0.3) is 0 Å². The van der Waals surface area contributed by atoms with Crippen LogP contribution >= 0.6 is 0 Å². The van der Waals surface area contributed by atoms with Crippen molar-refractivity contribution in [2.45, 2.75) is 65.7 Å². The summed E-state index contributed by atoms with van der Waals surface area (Å²) in [7, 11) is 0. The molecule has 0 aliphatic rings. The lowest BCUT2D eigenvalue weighted by molar-refractivity contribution is -0.929. The number of rotatable bonds is 12. The van der Waals surface area contributed by atoms with Gasteiger partial charge < -0.3 is 49.2 Å². The van der Waals surface area contributed by atoms with Crippen LogP contribution in [0, 0.1) is 0 Å². The fourth-order valence-corrected chi connectivity index (χ4v) is 2.56. The zero-order valence-corrected chi connectivity index (χ0v) is 16.8. The summed E-state index contributed by atoms with van der Waals surface area (Å²) >= 11 is 0. The maximum absolute atomic E-state index is 9.10. The summed E-state index contributed by atoms with van der Waals surface area (Å²) in [5.41, 5.74) is 3.92. The number of nitrogens with zero attached hydrogens (tertiary/aromatic N) is 1. The first kappa shape index (κ1) is 26.8. The predicted molar refractivity (Wildman–Crippen MR) is 85.7 cm³/mol. The molecule has 0 fully saturated rings. The number of primary amides is 1. The smallest absolute Gasteiger partial charge is 0.131 e. The van der Waals surface area contributed by atoms with E-state index in [0.717, 1.165) is 6.42 Å². The van der Waals surface area contributed by atoms with E-state index in [0.29, 0.717) is 6.61 Å². The number of aliphatic hydroxyl groups excluding tert-OH is 1. The van der Waals surface area contributed by atoms with Crippen molar-refractivity contribution >= 4 is 6.09 Å². The van der Waals surface area contributed by atoms with Crippen molar-refractivity contribution in [3.8, 4) is 0 Å². The van der Waals surface area contributed by atoms with E-state index in [9.17, 15) is 0 Å². The first-order valence-corrected chi connectivity index (χ1v) is 8.40. The highest BCUT2D eigenvalue weighted by Crippen LogP contribution is 2.15. The van der Waals surface area contributed by atoms with Crippen molar-refractivity contribution in [1.29, 1.82) is 0 Å². The third kappa shape index (κ3) is 18.0. The van der Waals surface area contributed by atoms with Gasteiger partial charge in [0.05, 0.1) is 26.2 Å². The summed E-state index contributed by atoms with van der Waals surface area (Å²) < 4.78 is 1.26. The fourth-order valence-electron chi connectivity index (χ4n) is 2.56. The number of nitrogens with two attached hydrogens (primary N) is 1. The molecule has 0 spiro atoms. The van der Waals surface area contributed by atoms with Crippen LogP contribution in [0.4, 0.5) is 4.79 Å². The minimum absolute atomic E-state index is 0. The Morgan fingerprint density at radius 1 is 0.909 bits per heavy atom. The van der Waals surface area contributed by atoms with Crippen LogP contribution in [-0.2, 0) is 0 Å². The van der Waals surface area contributed by atoms with Crippen molar-refractivity contribution in [3.05, 3.63) is 0 Å². The van der Waals surface area contributed by atoms with Crippen LogP contribution in [0.15, 0.2) is 0 Å². The number of carboxylic acid groups (broad SMARTS) is 1. The predicted octanol–water partition coefficient (Wildman–Crippen LogP) is -1.12. The van der Waals surface area contributed by atoms with Gasteiger partial charge in [-0.2, -0.15) is 0 Å². The van der Waals surface area contributed by atoms with E-state index in [-0.39, 0.29) is 24.0 Å². The van der Waals surface area contributed by atoms with Gasteiger partial charge in [-0.15, -0.1) is 0 Å². The Morgan fingerprint density at radius 3 is 1.41 bits per heavy atom. The lowest BCUT2D eigenvalue weighted by atomic mass is 10.1. The summed E-state index contributed by atoms with van der Waals surface area (Å²) in [5.74, 6) is 0. The molecule has 0 bridgehead atoms. The standard InChI is InChI=1S/C15H34NO.CH3NO2.HI/c1-4-7-11-16(12-8-5-2,13-9-6-3)14-10-15-17;2-1(3)4;/h17H,4-15H2,1-3H3;2H2,(H,3,4);1H/q+1;;/p-2. The average molecular weight is 431 g/mol. The monoisotopic (exact) mass is 431 g/mol. The van der Waals surface area contributed by atoms with Gasteiger partial charge in [0.2, 0.25) is 0 Å². The summed E-state index contributed by atoms with van der Waals surface area (Å²) in [6, 6.07) is 0. The molecule has 0 aliphatic carbocycles. The van der Waals surface area contributed by atoms with Crippen molar-refractivity contribution < 1.29 is 43.5 Å². The number of amides is 1. The molecule has 22 heavy (non-hydrogen) atoms. The highest BCUT2D eigenvalue weighted by molar-refractivity contribution is 5.58. The Kier molecular flexibility index (Phi) is 23.1. The number of carbonyl (C=O) groups excluding carboxylic acids is 1. The quantitative estimate of drug-likeness (QED) is 0.303. The van der Waals surface area contributed by atoms with Gasteiger partial charge in [0.1, 0.15) is 6.09 Å². The Morgan fingerprint density at radius 2 is 1.18 bits per heavy atom. The first-order chi connectivity index (χ1) is 9.97. The lowest BCUT2D eigenvalue weighted by Crippen LogP contribution is -3.00. The molecule has 136 valence electrons. The first-order valence-electron chi connectivity index (χ1n) is 8.40. The van der Waals surface area contributed by atoms with Gasteiger partial charge in [-0.1, -0.05) is 40.0 Å². The van der Waals surface area contributed by atoms with Crippen LogP contribution in [0.2, 0.25) is 0 Å². The second-order valence-electron chi connectivity index (χ2n) is 5.69. The molecule has 0 atom stereocenters. The molecular formula is C16H36IN2O3-. The highest BCUT2D eigenvalue weighted by Gasteiger charge is 2.24. The van der Waals surface area contributed by atoms with Crippen molar-refractivity contribution in [2.24, 2.45) is 5.73 Å². The number of hydrogen-bond donors (Lipinski definition) is 2. The zero-order valence-electron chi connectivity index (χ0n) is 14.7. The number of quaternary nitrogens is 1. The Hall–Kier alpha value is -0.0800. The van der Waals surface area contributed by atoms with E-state index in [1.807, 2.05) is 0 Å². The summed E-state index contributed by atoms with van der Waals surface area (Å²) in [6.07, 6.45) is 7.25. The number of carbonyl (C=O) groups is 1. The third-order valence-electron chi connectivity index (χ3n) is 3.75. The molecule has 3 N–H and O–H groups in total. The zero-order chi connectivity index (χ0) is 16.6. The van der Waals surface area contributed by atoms with Gasteiger partial charge in [-0.25, -0.2) is 0 Å². The van der Waals surface area contributed by atoms with Crippen LogP contribution < -0.4 is 34.8 Å². The Labute approximate surface area is 153 Å². The fraction of sp³-hybridized carbons (Fsp3) is 0.938.